The van der Waals surface area contributed by atoms with Crippen molar-refractivity contribution in [1.29, 1.82) is 0 Å². The number of aromatic nitrogens is 1. The molecule has 3 heteroatoms. The van der Waals surface area contributed by atoms with Crippen LogP contribution in [0.15, 0.2) is 48.7 Å². The van der Waals surface area contributed by atoms with Crippen molar-refractivity contribution in [3.05, 3.63) is 59.9 Å². The largest absolute Gasteiger partial charge is 0.319 e. The minimum absolute atomic E-state index is 0.159. The van der Waals surface area contributed by atoms with Crippen LogP contribution in [0.25, 0.3) is 0 Å². The van der Waals surface area contributed by atoms with Gasteiger partial charge in [-0.3, -0.25) is 4.98 Å². The molecule has 0 aliphatic carbocycles. The first-order valence-corrected chi connectivity index (χ1v) is 5.37. The van der Waals surface area contributed by atoms with E-state index in [1.54, 1.807) is 6.20 Å². The van der Waals surface area contributed by atoms with Crippen molar-refractivity contribution in [3.63, 3.8) is 0 Å². The molecule has 1 unspecified atom stereocenters. The van der Waals surface area contributed by atoms with Gasteiger partial charge < -0.3 is 5.73 Å². The molecule has 0 fully saturated rings. The molecule has 0 aliphatic rings. The molecule has 79 valence electrons. The Morgan fingerprint density at radius 1 is 1.12 bits per heavy atom. The zero-order valence-electron chi connectivity index (χ0n) is 9.30. The van der Waals surface area contributed by atoms with Gasteiger partial charge in [0, 0.05) is 6.20 Å². The second-order valence-corrected chi connectivity index (χ2v) is 3.65. The number of nitrogens with two attached hydrogens (primary N) is 1. The van der Waals surface area contributed by atoms with Gasteiger partial charge in [0.25, 0.3) is 0 Å². The Balaban J connectivity index is 2.37. The van der Waals surface area contributed by atoms with Crippen molar-refractivity contribution in [2.45, 2.75) is 12.9 Å². The standard InChI is InChI=1S/C13H14BN2/c1-14-11-7-3-2-6-10(11)13(15)12-8-4-5-9-16-12/h2-9,13H,15H2,1H3. The smallest absolute Gasteiger partial charge is 0.148 e. The van der Waals surface area contributed by atoms with Crippen molar-refractivity contribution >= 4 is 12.7 Å². The Kier molecular flexibility index (Phi) is 3.37. The fraction of sp³-hybridized carbons (Fsp3) is 0.154. The molecule has 1 atom stereocenters. The molecule has 2 rings (SSSR count). The van der Waals surface area contributed by atoms with Crippen LogP contribution in [0, 0.1) is 0 Å². The molecular formula is C13H14BN2. The lowest BCUT2D eigenvalue weighted by atomic mass is 9.69. The van der Waals surface area contributed by atoms with E-state index in [2.05, 4.69) is 24.4 Å². The fourth-order valence-electron chi connectivity index (χ4n) is 1.78. The second-order valence-electron chi connectivity index (χ2n) is 3.65. The van der Waals surface area contributed by atoms with Crippen LogP contribution < -0.4 is 11.2 Å². The minimum atomic E-state index is -0.159. The van der Waals surface area contributed by atoms with Crippen LogP contribution in [-0.2, 0) is 0 Å². The van der Waals surface area contributed by atoms with Crippen LogP contribution in [-0.4, -0.2) is 12.3 Å². The third kappa shape index (κ3) is 2.14. The summed E-state index contributed by atoms with van der Waals surface area (Å²) in [5.74, 6) is 0. The van der Waals surface area contributed by atoms with Gasteiger partial charge >= 0.3 is 0 Å². The highest BCUT2D eigenvalue weighted by Gasteiger charge is 2.12. The highest BCUT2D eigenvalue weighted by Crippen LogP contribution is 2.15. The third-order valence-electron chi connectivity index (χ3n) is 2.65. The summed E-state index contributed by atoms with van der Waals surface area (Å²) in [5.41, 5.74) is 9.39. The molecule has 2 N–H and O–H groups in total. The first-order valence-electron chi connectivity index (χ1n) is 5.37. The summed E-state index contributed by atoms with van der Waals surface area (Å²) >= 11 is 0. The lowest BCUT2D eigenvalue weighted by Crippen LogP contribution is -2.24. The molecule has 0 aliphatic heterocycles. The van der Waals surface area contributed by atoms with E-state index in [1.165, 1.54) is 5.46 Å². The topological polar surface area (TPSA) is 38.9 Å². The maximum Gasteiger partial charge on any atom is 0.148 e. The molecule has 16 heavy (non-hydrogen) atoms. The predicted molar refractivity (Wildman–Crippen MR) is 68.0 cm³/mol. The Morgan fingerprint density at radius 3 is 2.56 bits per heavy atom. The van der Waals surface area contributed by atoms with Crippen molar-refractivity contribution in [2.75, 3.05) is 0 Å². The fourth-order valence-corrected chi connectivity index (χ4v) is 1.78. The molecule has 1 radical (unpaired) electrons. The number of nitrogens with zero attached hydrogens (tertiary/aromatic N) is 1. The highest BCUT2D eigenvalue weighted by atomic mass is 14.8. The molecule has 2 aromatic rings. The quantitative estimate of drug-likeness (QED) is 0.778. The van der Waals surface area contributed by atoms with Crippen molar-refractivity contribution in [3.8, 4) is 0 Å². The lowest BCUT2D eigenvalue weighted by Gasteiger charge is -2.15. The van der Waals surface area contributed by atoms with E-state index in [9.17, 15) is 0 Å². The molecule has 0 saturated heterocycles. The summed E-state index contributed by atoms with van der Waals surface area (Å²) in [6.07, 6.45) is 1.77. The van der Waals surface area contributed by atoms with E-state index in [0.29, 0.717) is 0 Å². The number of pyridine rings is 1. The zero-order chi connectivity index (χ0) is 11.4. The van der Waals surface area contributed by atoms with E-state index >= 15 is 0 Å². The summed E-state index contributed by atoms with van der Waals surface area (Å²) in [7, 11) is 2.07. The van der Waals surface area contributed by atoms with E-state index in [-0.39, 0.29) is 6.04 Å². The number of rotatable bonds is 3. The molecule has 1 aromatic carbocycles. The molecule has 1 aromatic heterocycles. The molecule has 0 amide bonds. The first-order chi connectivity index (χ1) is 7.83. The van der Waals surface area contributed by atoms with E-state index in [1.807, 2.05) is 37.2 Å². The zero-order valence-corrected chi connectivity index (χ0v) is 9.30. The van der Waals surface area contributed by atoms with Gasteiger partial charge in [0.2, 0.25) is 0 Å². The van der Waals surface area contributed by atoms with E-state index < -0.39 is 0 Å². The molecule has 2 nitrogen and oxygen atoms in total. The molecule has 1 heterocycles. The van der Waals surface area contributed by atoms with E-state index in [0.717, 1.165) is 11.3 Å². The van der Waals surface area contributed by atoms with Gasteiger partial charge in [-0.1, -0.05) is 42.6 Å². The minimum Gasteiger partial charge on any atom is -0.319 e. The molecule has 0 saturated carbocycles. The van der Waals surface area contributed by atoms with Crippen LogP contribution in [0.5, 0.6) is 0 Å². The van der Waals surface area contributed by atoms with Crippen molar-refractivity contribution in [1.82, 2.24) is 4.98 Å². The average molecular weight is 209 g/mol. The summed E-state index contributed by atoms with van der Waals surface area (Å²) in [5, 5.41) is 0. The molecule has 0 spiro atoms. The van der Waals surface area contributed by atoms with Crippen LogP contribution in [0.2, 0.25) is 6.82 Å². The van der Waals surface area contributed by atoms with Gasteiger partial charge in [-0.15, -0.1) is 0 Å². The van der Waals surface area contributed by atoms with Crippen molar-refractivity contribution < 1.29 is 0 Å². The maximum atomic E-state index is 6.21. The number of benzene rings is 1. The first kappa shape index (κ1) is 10.9. The predicted octanol–water partition coefficient (Wildman–Crippen LogP) is 1.51. The normalized spacial score (nSPS) is 12.1. The summed E-state index contributed by atoms with van der Waals surface area (Å²) in [4.78, 5) is 4.29. The van der Waals surface area contributed by atoms with Gasteiger partial charge in [-0.05, 0) is 17.7 Å². The number of hydrogen-bond acceptors (Lipinski definition) is 2. The third-order valence-corrected chi connectivity index (χ3v) is 2.65. The highest BCUT2D eigenvalue weighted by molar-refractivity contribution is 6.52. The van der Waals surface area contributed by atoms with Crippen LogP contribution in [0.4, 0.5) is 0 Å². The van der Waals surface area contributed by atoms with Gasteiger partial charge in [0.15, 0.2) is 0 Å². The number of hydrogen-bond donors (Lipinski definition) is 1. The lowest BCUT2D eigenvalue weighted by molar-refractivity contribution is 0.834. The van der Waals surface area contributed by atoms with Gasteiger partial charge in [-0.25, -0.2) is 0 Å². The van der Waals surface area contributed by atoms with Crippen LogP contribution in [0.1, 0.15) is 17.3 Å². The second kappa shape index (κ2) is 4.95. The average Bonchev–Trinajstić information content (AvgIpc) is 2.39. The summed E-state index contributed by atoms with van der Waals surface area (Å²) in [6, 6.07) is 13.8. The Hall–Kier alpha value is -1.61. The van der Waals surface area contributed by atoms with Gasteiger partial charge in [0.05, 0.1) is 11.7 Å². The Morgan fingerprint density at radius 2 is 1.88 bits per heavy atom. The Labute approximate surface area is 96.8 Å². The maximum absolute atomic E-state index is 6.21. The summed E-state index contributed by atoms with van der Waals surface area (Å²) in [6.45, 7) is 2.02. The SMILES string of the molecule is C[B]c1ccccc1C(N)c1ccccn1. The van der Waals surface area contributed by atoms with Crippen LogP contribution in [0.3, 0.4) is 0 Å². The van der Waals surface area contributed by atoms with E-state index in [4.69, 9.17) is 5.73 Å². The van der Waals surface area contributed by atoms with Gasteiger partial charge in [-0.2, -0.15) is 0 Å². The Bertz CT molecular complexity index is 456. The molecular weight excluding hydrogens is 195 g/mol. The monoisotopic (exact) mass is 209 g/mol. The van der Waals surface area contributed by atoms with Crippen LogP contribution >= 0.6 is 0 Å². The van der Waals surface area contributed by atoms with Gasteiger partial charge in [0.1, 0.15) is 7.28 Å². The molecule has 0 bridgehead atoms. The van der Waals surface area contributed by atoms with Crippen molar-refractivity contribution in [2.24, 2.45) is 5.73 Å². The summed E-state index contributed by atoms with van der Waals surface area (Å²) < 4.78 is 0.